The number of ether oxygens (including phenoxy) is 1. The Hall–Kier alpha value is -1.11. The topological polar surface area (TPSA) is 75.6 Å². The molecule has 0 bridgehead atoms. The number of aliphatic hydroxyl groups is 1. The molecule has 0 aromatic heterocycles. The fraction of sp³-hybridized carbons (Fsp3) is 0.500. The van der Waals surface area contributed by atoms with Gasteiger partial charge in [-0.2, -0.15) is 0 Å². The molecule has 18 heavy (non-hydrogen) atoms. The Bertz CT molecular complexity index is 453. The molecule has 1 unspecified atom stereocenters. The second-order valence-corrected chi connectivity index (χ2v) is 5.83. The highest BCUT2D eigenvalue weighted by atomic mass is 32.2. The highest BCUT2D eigenvalue weighted by Gasteiger charge is 2.13. The van der Waals surface area contributed by atoms with Crippen LogP contribution in [0.1, 0.15) is 19.8 Å². The minimum atomic E-state index is -3.47. The molecule has 0 aliphatic rings. The monoisotopic (exact) mass is 273 g/mol. The van der Waals surface area contributed by atoms with Gasteiger partial charge in [0, 0.05) is 6.54 Å². The normalized spacial score (nSPS) is 13.3. The van der Waals surface area contributed by atoms with Gasteiger partial charge >= 0.3 is 0 Å². The molecule has 0 fully saturated rings. The number of benzene rings is 1. The van der Waals surface area contributed by atoms with Crippen molar-refractivity contribution in [1.82, 2.24) is 4.72 Å². The van der Waals surface area contributed by atoms with E-state index >= 15 is 0 Å². The lowest BCUT2D eigenvalue weighted by Crippen LogP contribution is -2.25. The van der Waals surface area contributed by atoms with Crippen LogP contribution in [0, 0.1) is 0 Å². The van der Waals surface area contributed by atoms with Crippen molar-refractivity contribution in [2.24, 2.45) is 0 Å². The van der Waals surface area contributed by atoms with Gasteiger partial charge in [-0.3, -0.25) is 0 Å². The molecular weight excluding hydrogens is 254 g/mol. The summed E-state index contributed by atoms with van der Waals surface area (Å²) in [6.07, 6.45) is 0.772. The van der Waals surface area contributed by atoms with Crippen molar-refractivity contribution in [1.29, 1.82) is 0 Å². The van der Waals surface area contributed by atoms with Crippen molar-refractivity contribution in [2.45, 2.75) is 30.8 Å². The third-order valence-corrected chi connectivity index (χ3v) is 3.94. The van der Waals surface area contributed by atoms with Crippen LogP contribution < -0.4 is 9.46 Å². The largest absolute Gasteiger partial charge is 0.497 e. The van der Waals surface area contributed by atoms with Crippen molar-refractivity contribution < 1.29 is 18.3 Å². The van der Waals surface area contributed by atoms with Gasteiger partial charge in [0.25, 0.3) is 0 Å². The van der Waals surface area contributed by atoms with Gasteiger partial charge in [0.1, 0.15) is 5.75 Å². The van der Waals surface area contributed by atoms with Crippen LogP contribution in [0.15, 0.2) is 29.2 Å². The SMILES string of the molecule is COc1ccc(S(=O)(=O)NCCCC(C)O)cc1. The summed E-state index contributed by atoms with van der Waals surface area (Å²) in [6.45, 7) is 2.00. The van der Waals surface area contributed by atoms with E-state index in [1.807, 2.05) is 0 Å². The fourth-order valence-corrected chi connectivity index (χ4v) is 2.52. The minimum absolute atomic E-state index is 0.209. The zero-order valence-electron chi connectivity index (χ0n) is 10.6. The van der Waals surface area contributed by atoms with Crippen LogP contribution in [0.4, 0.5) is 0 Å². The first-order valence-electron chi connectivity index (χ1n) is 5.77. The van der Waals surface area contributed by atoms with Crippen molar-refractivity contribution in [3.8, 4) is 5.75 Å². The molecule has 102 valence electrons. The van der Waals surface area contributed by atoms with Gasteiger partial charge in [-0.25, -0.2) is 13.1 Å². The van der Waals surface area contributed by atoms with Crippen LogP contribution in [-0.2, 0) is 10.0 Å². The molecule has 0 amide bonds. The van der Waals surface area contributed by atoms with E-state index in [4.69, 9.17) is 9.84 Å². The smallest absolute Gasteiger partial charge is 0.240 e. The van der Waals surface area contributed by atoms with Crippen molar-refractivity contribution in [3.05, 3.63) is 24.3 Å². The summed E-state index contributed by atoms with van der Waals surface area (Å²) >= 11 is 0. The molecule has 0 aliphatic heterocycles. The molecule has 0 spiro atoms. The first-order valence-corrected chi connectivity index (χ1v) is 7.26. The Labute approximate surface area is 108 Å². The Morgan fingerprint density at radius 2 is 1.94 bits per heavy atom. The van der Waals surface area contributed by atoms with Crippen LogP contribution in [0.25, 0.3) is 0 Å². The summed E-state index contributed by atoms with van der Waals surface area (Å²) in [6, 6.07) is 6.19. The fourth-order valence-electron chi connectivity index (χ4n) is 1.44. The second kappa shape index (κ2) is 6.72. The molecule has 0 aliphatic carbocycles. The van der Waals surface area contributed by atoms with Crippen molar-refractivity contribution in [2.75, 3.05) is 13.7 Å². The van der Waals surface area contributed by atoms with Crippen LogP contribution in [0.2, 0.25) is 0 Å². The van der Waals surface area contributed by atoms with Crippen LogP contribution in [-0.4, -0.2) is 33.3 Å². The maximum absolute atomic E-state index is 11.9. The van der Waals surface area contributed by atoms with E-state index in [9.17, 15) is 8.42 Å². The third kappa shape index (κ3) is 4.64. The third-order valence-electron chi connectivity index (χ3n) is 2.46. The number of sulfonamides is 1. The zero-order chi connectivity index (χ0) is 13.6. The number of rotatable bonds is 7. The standard InChI is InChI=1S/C12H19NO4S/c1-10(14)4-3-9-13-18(15,16)12-7-5-11(17-2)6-8-12/h5-8,10,13-14H,3-4,9H2,1-2H3. The predicted octanol–water partition coefficient (Wildman–Crippen LogP) is 1.13. The minimum Gasteiger partial charge on any atom is -0.497 e. The van der Waals surface area contributed by atoms with E-state index in [1.54, 1.807) is 19.1 Å². The molecule has 0 radical (unpaired) electrons. The summed E-state index contributed by atoms with van der Waals surface area (Å²) in [7, 11) is -1.94. The highest BCUT2D eigenvalue weighted by molar-refractivity contribution is 7.89. The number of hydrogen-bond acceptors (Lipinski definition) is 4. The first-order chi connectivity index (χ1) is 8.45. The number of hydrogen-bond donors (Lipinski definition) is 2. The number of methoxy groups -OCH3 is 1. The lowest BCUT2D eigenvalue weighted by molar-refractivity contribution is 0.182. The van der Waals surface area contributed by atoms with Crippen LogP contribution >= 0.6 is 0 Å². The van der Waals surface area contributed by atoms with Crippen LogP contribution in [0.5, 0.6) is 5.75 Å². The average molecular weight is 273 g/mol. The van der Waals surface area contributed by atoms with Crippen molar-refractivity contribution >= 4 is 10.0 Å². The van der Waals surface area contributed by atoms with E-state index in [-0.39, 0.29) is 4.90 Å². The predicted molar refractivity (Wildman–Crippen MR) is 69.1 cm³/mol. The molecule has 0 saturated carbocycles. The zero-order valence-corrected chi connectivity index (χ0v) is 11.4. The molecule has 0 heterocycles. The van der Waals surface area contributed by atoms with Gasteiger partial charge in [0.2, 0.25) is 10.0 Å². The second-order valence-electron chi connectivity index (χ2n) is 4.06. The number of nitrogens with one attached hydrogen (secondary N) is 1. The maximum Gasteiger partial charge on any atom is 0.240 e. The molecule has 2 N–H and O–H groups in total. The molecular formula is C12H19NO4S. The average Bonchev–Trinajstić information content (AvgIpc) is 2.34. The molecule has 6 heteroatoms. The van der Waals surface area contributed by atoms with Gasteiger partial charge in [-0.05, 0) is 44.0 Å². The summed E-state index contributed by atoms with van der Waals surface area (Å²) in [4.78, 5) is 0.209. The van der Waals surface area contributed by atoms with Gasteiger partial charge < -0.3 is 9.84 Å². The summed E-state index contributed by atoms with van der Waals surface area (Å²) in [5, 5.41) is 9.07. The summed E-state index contributed by atoms with van der Waals surface area (Å²) in [5.74, 6) is 0.614. The molecule has 1 rings (SSSR count). The molecule has 1 aromatic carbocycles. The molecule has 1 aromatic rings. The molecule has 1 atom stereocenters. The first kappa shape index (κ1) is 14.9. The highest BCUT2D eigenvalue weighted by Crippen LogP contribution is 2.15. The van der Waals surface area contributed by atoms with Crippen molar-refractivity contribution in [3.63, 3.8) is 0 Å². The van der Waals surface area contributed by atoms with E-state index in [2.05, 4.69) is 4.72 Å². The van der Waals surface area contributed by atoms with Gasteiger partial charge in [-0.1, -0.05) is 0 Å². The van der Waals surface area contributed by atoms with E-state index < -0.39 is 16.1 Å². The Morgan fingerprint density at radius 3 is 2.44 bits per heavy atom. The lowest BCUT2D eigenvalue weighted by atomic mass is 10.2. The quantitative estimate of drug-likeness (QED) is 0.730. The van der Waals surface area contributed by atoms with Gasteiger partial charge in [0.15, 0.2) is 0 Å². The van der Waals surface area contributed by atoms with Crippen LogP contribution in [0.3, 0.4) is 0 Å². The van der Waals surface area contributed by atoms with E-state index in [0.29, 0.717) is 25.1 Å². The molecule has 5 nitrogen and oxygen atoms in total. The van der Waals surface area contributed by atoms with Gasteiger partial charge in [-0.15, -0.1) is 0 Å². The Kier molecular flexibility index (Phi) is 5.58. The Balaban J connectivity index is 2.57. The van der Waals surface area contributed by atoms with E-state index in [1.165, 1.54) is 19.2 Å². The lowest BCUT2D eigenvalue weighted by Gasteiger charge is -2.08. The maximum atomic E-state index is 11.9. The number of aliphatic hydroxyl groups excluding tert-OH is 1. The molecule has 0 saturated heterocycles. The summed E-state index contributed by atoms with van der Waals surface area (Å²) < 4.78 is 31.2. The van der Waals surface area contributed by atoms with E-state index in [0.717, 1.165) is 0 Å². The Morgan fingerprint density at radius 1 is 1.33 bits per heavy atom. The summed E-state index contributed by atoms with van der Waals surface area (Å²) in [5.41, 5.74) is 0. The van der Waals surface area contributed by atoms with Gasteiger partial charge in [0.05, 0.1) is 18.1 Å².